The lowest BCUT2D eigenvalue weighted by Crippen LogP contribution is -2.48. The van der Waals surface area contributed by atoms with Gasteiger partial charge in [0.1, 0.15) is 6.54 Å². The van der Waals surface area contributed by atoms with E-state index in [0.29, 0.717) is 13.2 Å². The van der Waals surface area contributed by atoms with Gasteiger partial charge in [0.25, 0.3) is 0 Å². The van der Waals surface area contributed by atoms with Gasteiger partial charge in [0.2, 0.25) is 5.91 Å². The lowest BCUT2D eigenvalue weighted by Gasteiger charge is -2.34. The van der Waals surface area contributed by atoms with Crippen LogP contribution in [0.5, 0.6) is 0 Å². The largest absolute Gasteiger partial charge is 0.480 e. The number of nitrogens with zero attached hydrogens (tertiary/aromatic N) is 1. The van der Waals surface area contributed by atoms with E-state index < -0.39 is 11.5 Å². The summed E-state index contributed by atoms with van der Waals surface area (Å²) in [5.41, 5.74) is -0.486. The van der Waals surface area contributed by atoms with E-state index in [4.69, 9.17) is 9.84 Å². The fraction of sp³-hybridized carbons (Fsp3) is 0.833. The zero-order valence-corrected chi connectivity index (χ0v) is 11.2. The fourth-order valence-electron chi connectivity index (χ4n) is 1.38. The monoisotopic (exact) mass is 245 g/mol. The first kappa shape index (κ1) is 15.9. The minimum Gasteiger partial charge on any atom is -0.480 e. The maximum atomic E-state index is 11.9. The second-order valence-electron chi connectivity index (χ2n) is 4.91. The van der Waals surface area contributed by atoms with Crippen molar-refractivity contribution in [3.05, 3.63) is 0 Å². The van der Waals surface area contributed by atoms with E-state index in [1.807, 2.05) is 27.7 Å². The van der Waals surface area contributed by atoms with Crippen molar-refractivity contribution in [2.75, 3.05) is 19.8 Å². The van der Waals surface area contributed by atoms with Crippen molar-refractivity contribution in [3.63, 3.8) is 0 Å². The van der Waals surface area contributed by atoms with E-state index >= 15 is 0 Å². The van der Waals surface area contributed by atoms with Crippen LogP contribution in [-0.4, -0.2) is 47.2 Å². The van der Waals surface area contributed by atoms with Gasteiger partial charge in [-0.1, -0.05) is 6.92 Å². The van der Waals surface area contributed by atoms with Gasteiger partial charge in [-0.15, -0.1) is 0 Å². The maximum Gasteiger partial charge on any atom is 0.323 e. The van der Waals surface area contributed by atoms with E-state index in [0.717, 1.165) is 6.42 Å². The summed E-state index contributed by atoms with van der Waals surface area (Å²) >= 11 is 0. The van der Waals surface area contributed by atoms with Gasteiger partial charge in [-0.05, 0) is 27.2 Å². The Kier molecular flexibility index (Phi) is 6.80. The second kappa shape index (κ2) is 7.27. The molecule has 0 atom stereocenters. The van der Waals surface area contributed by atoms with Gasteiger partial charge in [-0.2, -0.15) is 0 Å². The summed E-state index contributed by atoms with van der Waals surface area (Å²) in [4.78, 5) is 23.9. The lowest BCUT2D eigenvalue weighted by atomic mass is 10.1. The smallest absolute Gasteiger partial charge is 0.323 e. The third-order valence-electron chi connectivity index (χ3n) is 2.21. The number of carbonyl (C=O) groups is 2. The molecule has 0 fully saturated rings. The molecule has 0 aromatic carbocycles. The molecule has 0 aliphatic rings. The van der Waals surface area contributed by atoms with Crippen LogP contribution in [0.2, 0.25) is 0 Å². The van der Waals surface area contributed by atoms with E-state index in [-0.39, 0.29) is 18.9 Å². The number of hydrogen-bond donors (Lipinski definition) is 1. The van der Waals surface area contributed by atoms with Gasteiger partial charge in [-0.25, -0.2) is 0 Å². The van der Waals surface area contributed by atoms with Gasteiger partial charge in [-0.3, -0.25) is 9.59 Å². The van der Waals surface area contributed by atoms with Crippen molar-refractivity contribution in [2.45, 2.75) is 46.1 Å². The molecule has 0 rings (SSSR count). The normalized spacial score (nSPS) is 11.3. The van der Waals surface area contributed by atoms with Crippen molar-refractivity contribution < 1.29 is 19.4 Å². The van der Waals surface area contributed by atoms with Gasteiger partial charge in [0.05, 0.1) is 13.0 Å². The Labute approximate surface area is 103 Å². The second-order valence-corrected chi connectivity index (χ2v) is 4.91. The Hall–Kier alpha value is -1.10. The standard InChI is InChI=1S/C12H23NO4/c1-5-7-17-8-6-10(14)13(9-11(15)16)12(2,3)4/h5-9H2,1-4H3,(H,15,16). The Morgan fingerprint density at radius 2 is 1.82 bits per heavy atom. The third kappa shape index (κ3) is 6.94. The first-order chi connectivity index (χ1) is 7.79. The molecule has 0 aromatic heterocycles. The number of rotatable bonds is 7. The zero-order chi connectivity index (χ0) is 13.5. The average molecular weight is 245 g/mol. The molecule has 100 valence electrons. The molecule has 0 unspecified atom stereocenters. The van der Waals surface area contributed by atoms with Crippen LogP contribution in [-0.2, 0) is 14.3 Å². The minimum atomic E-state index is -0.997. The fourth-order valence-corrected chi connectivity index (χ4v) is 1.38. The summed E-state index contributed by atoms with van der Waals surface area (Å²) in [6.07, 6.45) is 1.14. The van der Waals surface area contributed by atoms with Gasteiger partial charge in [0.15, 0.2) is 0 Å². The predicted octanol–water partition coefficient (Wildman–Crippen LogP) is 1.51. The van der Waals surface area contributed by atoms with Crippen molar-refractivity contribution in [1.29, 1.82) is 0 Å². The highest BCUT2D eigenvalue weighted by Crippen LogP contribution is 2.14. The molecule has 0 heterocycles. The van der Waals surface area contributed by atoms with E-state index in [1.54, 1.807) is 0 Å². The highest BCUT2D eigenvalue weighted by atomic mass is 16.5. The van der Waals surface area contributed by atoms with Crippen LogP contribution in [0.15, 0.2) is 0 Å². The number of carbonyl (C=O) groups excluding carboxylic acids is 1. The molecule has 0 radical (unpaired) electrons. The predicted molar refractivity (Wildman–Crippen MR) is 64.8 cm³/mol. The number of carboxylic acids is 1. The number of hydrogen-bond acceptors (Lipinski definition) is 3. The molecule has 17 heavy (non-hydrogen) atoms. The first-order valence-electron chi connectivity index (χ1n) is 5.89. The molecule has 5 heteroatoms. The molecule has 0 aliphatic heterocycles. The average Bonchev–Trinajstić information content (AvgIpc) is 2.19. The number of amides is 1. The van der Waals surface area contributed by atoms with Crippen molar-refractivity contribution in [2.24, 2.45) is 0 Å². The molecule has 0 saturated heterocycles. The molecule has 0 aromatic rings. The molecule has 1 N–H and O–H groups in total. The summed E-state index contributed by atoms with van der Waals surface area (Å²) in [5.74, 6) is -1.18. The Morgan fingerprint density at radius 1 is 1.24 bits per heavy atom. The van der Waals surface area contributed by atoms with Crippen LogP contribution in [0.25, 0.3) is 0 Å². The first-order valence-corrected chi connectivity index (χ1v) is 5.89. The van der Waals surface area contributed by atoms with Crippen LogP contribution in [0.1, 0.15) is 40.5 Å². The minimum absolute atomic E-state index is 0.184. The van der Waals surface area contributed by atoms with Crippen LogP contribution < -0.4 is 0 Å². The van der Waals surface area contributed by atoms with Crippen LogP contribution in [0, 0.1) is 0 Å². The van der Waals surface area contributed by atoms with Gasteiger partial charge in [0, 0.05) is 12.1 Å². The van der Waals surface area contributed by atoms with Gasteiger partial charge < -0.3 is 14.7 Å². The number of carboxylic acid groups (broad SMARTS) is 1. The lowest BCUT2D eigenvalue weighted by molar-refractivity contribution is -0.148. The number of aliphatic carboxylic acids is 1. The molecule has 0 bridgehead atoms. The van der Waals surface area contributed by atoms with Crippen LogP contribution in [0.3, 0.4) is 0 Å². The highest BCUT2D eigenvalue weighted by Gasteiger charge is 2.27. The van der Waals surface area contributed by atoms with Crippen molar-refractivity contribution in [3.8, 4) is 0 Å². The Morgan fingerprint density at radius 3 is 2.24 bits per heavy atom. The molecule has 1 amide bonds. The third-order valence-corrected chi connectivity index (χ3v) is 2.21. The van der Waals surface area contributed by atoms with Crippen LogP contribution >= 0.6 is 0 Å². The topological polar surface area (TPSA) is 66.8 Å². The summed E-state index contributed by atoms with van der Waals surface area (Å²) < 4.78 is 5.23. The summed E-state index contributed by atoms with van der Waals surface area (Å²) in [6.45, 7) is 8.16. The maximum absolute atomic E-state index is 11.9. The van der Waals surface area contributed by atoms with E-state index in [2.05, 4.69) is 0 Å². The van der Waals surface area contributed by atoms with Crippen molar-refractivity contribution in [1.82, 2.24) is 4.90 Å². The molecular weight excluding hydrogens is 222 g/mol. The van der Waals surface area contributed by atoms with Crippen LogP contribution in [0.4, 0.5) is 0 Å². The highest BCUT2D eigenvalue weighted by molar-refractivity contribution is 5.82. The summed E-state index contributed by atoms with van der Waals surface area (Å²) in [7, 11) is 0. The molecule has 0 saturated carbocycles. The zero-order valence-electron chi connectivity index (χ0n) is 11.2. The molecular formula is C12H23NO4. The van der Waals surface area contributed by atoms with E-state index in [1.165, 1.54) is 4.90 Å². The van der Waals surface area contributed by atoms with Crippen molar-refractivity contribution >= 4 is 11.9 Å². The van der Waals surface area contributed by atoms with Gasteiger partial charge >= 0.3 is 5.97 Å². The quantitative estimate of drug-likeness (QED) is 0.690. The molecule has 0 spiro atoms. The number of ether oxygens (including phenoxy) is 1. The SMILES string of the molecule is CCCOCCC(=O)N(CC(=O)O)C(C)(C)C. The Bertz CT molecular complexity index is 258. The summed E-state index contributed by atoms with van der Waals surface area (Å²) in [6, 6.07) is 0. The van der Waals surface area contributed by atoms with E-state index in [9.17, 15) is 9.59 Å². The Balaban J connectivity index is 4.29. The summed E-state index contributed by atoms with van der Waals surface area (Å²) in [5, 5.41) is 8.78. The molecule has 0 aliphatic carbocycles. The molecule has 5 nitrogen and oxygen atoms in total.